The lowest BCUT2D eigenvalue weighted by Gasteiger charge is -2.17. The molecule has 0 radical (unpaired) electrons. The van der Waals surface area contributed by atoms with Crippen LogP contribution in [0.25, 0.3) is 33.4 Å². The first-order valence-corrected chi connectivity index (χ1v) is 10.8. The topological polar surface area (TPSA) is 143 Å². The predicted molar refractivity (Wildman–Crippen MR) is 131 cm³/mol. The number of rotatable bonds is 7. The minimum atomic E-state index is -1.22. The maximum atomic E-state index is 12.8. The molecule has 0 saturated heterocycles. The molecular weight excluding hydrogens is 466 g/mol. The van der Waals surface area contributed by atoms with E-state index < -0.39 is 17.8 Å². The molecule has 0 spiro atoms. The van der Waals surface area contributed by atoms with Gasteiger partial charge in [-0.3, -0.25) is 9.59 Å². The smallest absolute Gasteiger partial charge is 0.336 e. The molecule has 36 heavy (non-hydrogen) atoms. The lowest BCUT2D eigenvalue weighted by Crippen LogP contribution is -2.28. The van der Waals surface area contributed by atoms with Crippen LogP contribution in [0.15, 0.2) is 76.0 Å². The molecule has 3 N–H and O–H groups in total. The number of phenolic OH excluding ortho intramolecular Hbond substituents is 1. The second kappa shape index (κ2) is 9.75. The molecule has 0 fully saturated rings. The molecule has 0 atom stereocenters. The summed E-state index contributed by atoms with van der Waals surface area (Å²) in [5.41, 5.74) is 1.36. The summed E-state index contributed by atoms with van der Waals surface area (Å²) < 4.78 is 10.8. The Labute approximate surface area is 204 Å². The molecule has 1 aliphatic carbocycles. The van der Waals surface area contributed by atoms with Crippen molar-refractivity contribution in [2.24, 2.45) is 0 Å². The molecular formula is C27H21NO8. The first-order chi connectivity index (χ1) is 17.2. The number of esters is 1. The van der Waals surface area contributed by atoms with Crippen LogP contribution in [-0.4, -0.2) is 41.2 Å². The molecule has 9 heteroatoms. The van der Waals surface area contributed by atoms with Gasteiger partial charge in [-0.2, -0.15) is 0 Å². The molecule has 0 bridgehead atoms. The van der Waals surface area contributed by atoms with E-state index in [-0.39, 0.29) is 57.9 Å². The number of aromatic hydroxyl groups is 1. The van der Waals surface area contributed by atoms with Crippen LogP contribution in [0, 0.1) is 0 Å². The Morgan fingerprint density at radius 2 is 1.81 bits per heavy atom. The zero-order chi connectivity index (χ0) is 26.0. The highest BCUT2D eigenvalue weighted by Gasteiger charge is 2.23. The van der Waals surface area contributed by atoms with Crippen LogP contribution in [-0.2, 0) is 9.53 Å². The molecule has 1 aliphatic heterocycles. The first-order valence-electron chi connectivity index (χ1n) is 10.8. The van der Waals surface area contributed by atoms with Crippen LogP contribution in [0.1, 0.15) is 27.6 Å². The Hall–Kier alpha value is -4.92. The zero-order valence-corrected chi connectivity index (χ0v) is 19.2. The van der Waals surface area contributed by atoms with Crippen LogP contribution in [0.5, 0.6) is 5.75 Å². The number of benzene rings is 3. The fourth-order valence-corrected chi connectivity index (χ4v) is 3.76. The molecule has 1 amide bonds. The fourth-order valence-electron chi connectivity index (χ4n) is 3.76. The quantitative estimate of drug-likeness (QED) is 0.155. The lowest BCUT2D eigenvalue weighted by molar-refractivity contribution is -0.138. The van der Waals surface area contributed by atoms with Gasteiger partial charge in [0.1, 0.15) is 23.7 Å². The Bertz CT molecular complexity index is 1570. The molecule has 2 aromatic carbocycles. The van der Waals surface area contributed by atoms with Gasteiger partial charge in [0.15, 0.2) is 5.43 Å². The number of amides is 1. The molecule has 0 saturated carbocycles. The van der Waals surface area contributed by atoms with Crippen molar-refractivity contribution in [2.75, 3.05) is 13.2 Å². The zero-order valence-electron chi connectivity index (χ0n) is 19.2. The van der Waals surface area contributed by atoms with Crippen molar-refractivity contribution in [3.63, 3.8) is 0 Å². The van der Waals surface area contributed by atoms with Crippen molar-refractivity contribution in [2.45, 2.75) is 6.92 Å². The van der Waals surface area contributed by atoms with E-state index in [2.05, 4.69) is 11.9 Å². The summed E-state index contributed by atoms with van der Waals surface area (Å²) in [5, 5.41) is 22.9. The van der Waals surface area contributed by atoms with Crippen molar-refractivity contribution in [1.29, 1.82) is 0 Å². The lowest BCUT2D eigenvalue weighted by atomic mass is 9.89. The van der Waals surface area contributed by atoms with Crippen molar-refractivity contribution in [3.05, 3.63) is 88.1 Å². The molecule has 2 aliphatic rings. The number of phenols is 1. The van der Waals surface area contributed by atoms with Crippen LogP contribution < -0.4 is 10.7 Å². The Morgan fingerprint density at radius 1 is 1.03 bits per heavy atom. The van der Waals surface area contributed by atoms with E-state index in [4.69, 9.17) is 9.15 Å². The van der Waals surface area contributed by atoms with Crippen LogP contribution >= 0.6 is 0 Å². The number of hydrogen-bond donors (Lipinski definition) is 3. The molecule has 182 valence electrons. The average Bonchev–Trinajstić information content (AvgIpc) is 2.84. The summed E-state index contributed by atoms with van der Waals surface area (Å²) >= 11 is 0. The third-order valence-electron chi connectivity index (χ3n) is 5.43. The number of nitrogens with one attached hydrogen (secondary N) is 1. The van der Waals surface area contributed by atoms with E-state index in [1.807, 2.05) is 0 Å². The summed E-state index contributed by atoms with van der Waals surface area (Å²) in [6.07, 6.45) is 0. The Kier molecular flexibility index (Phi) is 6.56. The number of aromatic carboxylic acids is 1. The molecule has 4 rings (SSSR count). The fraction of sp³-hybridized carbons (Fsp3) is 0.111. The van der Waals surface area contributed by atoms with E-state index in [9.17, 15) is 29.4 Å². The van der Waals surface area contributed by atoms with Gasteiger partial charge in [0.25, 0.3) is 5.91 Å². The molecule has 0 aromatic heterocycles. The highest BCUT2D eigenvalue weighted by atomic mass is 16.5. The van der Waals surface area contributed by atoms with Crippen LogP contribution in [0.3, 0.4) is 0 Å². The normalized spacial score (nSPS) is 10.8. The highest BCUT2D eigenvalue weighted by molar-refractivity contribution is 6.09. The summed E-state index contributed by atoms with van der Waals surface area (Å²) in [6, 6.07) is 12.6. The number of carboxylic acids is 1. The number of hydrogen-bond acceptors (Lipinski definition) is 7. The standard InChI is InChI=1S/C27H21NO8/c1-14(2)27(34)35-10-9-28-25(31)15-3-6-18(26(32)33)21(11-15)24-19-7-4-16(29)12-22(19)36-23-13-17(30)5-8-20(23)24/h3-8,11-13,29H,1,9-10H2,2H3,(H,28,31)(H,32,33). The number of fused-ring (bicyclic) bond motifs is 2. The largest absolute Gasteiger partial charge is 0.508 e. The highest BCUT2D eigenvalue weighted by Crippen LogP contribution is 2.42. The Balaban J connectivity index is 1.81. The van der Waals surface area contributed by atoms with Gasteiger partial charge >= 0.3 is 11.9 Å². The van der Waals surface area contributed by atoms with Crippen LogP contribution in [0.4, 0.5) is 0 Å². The Morgan fingerprint density at radius 3 is 2.53 bits per heavy atom. The average molecular weight is 487 g/mol. The molecule has 0 unspecified atom stereocenters. The van der Waals surface area contributed by atoms with E-state index in [0.29, 0.717) is 16.5 Å². The third-order valence-corrected chi connectivity index (χ3v) is 5.43. The maximum absolute atomic E-state index is 12.8. The van der Waals surface area contributed by atoms with Gasteiger partial charge in [0, 0.05) is 39.8 Å². The van der Waals surface area contributed by atoms with Gasteiger partial charge in [-0.25, -0.2) is 9.59 Å². The number of carbonyl (C=O) groups excluding carboxylic acids is 2. The molecule has 9 nitrogen and oxygen atoms in total. The molecule has 1 heterocycles. The van der Waals surface area contributed by atoms with Gasteiger partial charge in [-0.15, -0.1) is 0 Å². The summed E-state index contributed by atoms with van der Waals surface area (Å²) in [5.74, 6) is -2.17. The third kappa shape index (κ3) is 4.80. The minimum absolute atomic E-state index is 0.0372. The second-order valence-corrected chi connectivity index (χ2v) is 8.05. The number of ether oxygens (including phenoxy) is 1. The van der Waals surface area contributed by atoms with Crippen molar-refractivity contribution in [3.8, 4) is 28.2 Å². The van der Waals surface area contributed by atoms with Gasteiger partial charge in [-0.1, -0.05) is 6.58 Å². The van der Waals surface area contributed by atoms with E-state index in [1.165, 1.54) is 55.5 Å². The van der Waals surface area contributed by atoms with Gasteiger partial charge in [0.05, 0.1) is 12.1 Å². The predicted octanol–water partition coefficient (Wildman–Crippen LogP) is 3.82. The van der Waals surface area contributed by atoms with E-state index in [1.54, 1.807) is 6.07 Å². The summed E-state index contributed by atoms with van der Waals surface area (Å²) in [6.45, 7) is 4.97. The second-order valence-electron chi connectivity index (χ2n) is 8.05. The van der Waals surface area contributed by atoms with Crippen molar-refractivity contribution >= 4 is 28.8 Å². The number of carbonyl (C=O) groups is 3. The van der Waals surface area contributed by atoms with Gasteiger partial charge in [0.2, 0.25) is 0 Å². The van der Waals surface area contributed by atoms with Gasteiger partial charge < -0.3 is 24.7 Å². The summed E-state index contributed by atoms with van der Waals surface area (Å²) in [7, 11) is 0. The SMILES string of the molecule is C=C(C)C(=O)OCCNC(=O)c1ccc(C(=O)O)c(-c2c3ccc(=O)cc-3oc3cc(O)ccc23)c1. The van der Waals surface area contributed by atoms with E-state index >= 15 is 0 Å². The summed E-state index contributed by atoms with van der Waals surface area (Å²) in [4.78, 5) is 48.4. The number of carboxylic acid groups (broad SMARTS) is 1. The monoisotopic (exact) mass is 487 g/mol. The minimum Gasteiger partial charge on any atom is -0.508 e. The van der Waals surface area contributed by atoms with E-state index in [0.717, 1.165) is 0 Å². The van der Waals surface area contributed by atoms with Gasteiger partial charge in [-0.05, 0) is 55.0 Å². The van der Waals surface area contributed by atoms with Crippen LogP contribution in [0.2, 0.25) is 0 Å². The van der Waals surface area contributed by atoms with Crippen molar-refractivity contribution < 1.29 is 33.8 Å². The first kappa shape index (κ1) is 24.2. The van der Waals surface area contributed by atoms with Crippen molar-refractivity contribution in [1.82, 2.24) is 5.32 Å². The maximum Gasteiger partial charge on any atom is 0.336 e. The molecule has 2 aromatic rings.